The molecule has 1 aliphatic heterocycles. The van der Waals surface area contributed by atoms with E-state index in [0.29, 0.717) is 30.8 Å². The quantitative estimate of drug-likeness (QED) is 0.820. The van der Waals surface area contributed by atoms with Crippen LogP contribution < -0.4 is 19.5 Å². The van der Waals surface area contributed by atoms with Gasteiger partial charge in [-0.25, -0.2) is 13.4 Å². The standard InChI is InChI=1S/C17H21N3O4S/c1-3-12(2)19-13-4-7-17(18-11-13)20-25(21,22)14-5-6-15-16(10-14)24-9-8-23-15/h4-7,10-12,19H,3,8-9H2,1-2H3,(H,18,20). The number of hydrogen-bond donors (Lipinski definition) is 2. The molecular weight excluding hydrogens is 342 g/mol. The summed E-state index contributed by atoms with van der Waals surface area (Å²) in [6.45, 7) is 5.01. The summed E-state index contributed by atoms with van der Waals surface area (Å²) < 4.78 is 38.4. The van der Waals surface area contributed by atoms with Gasteiger partial charge in [-0.1, -0.05) is 6.92 Å². The van der Waals surface area contributed by atoms with E-state index >= 15 is 0 Å². The van der Waals surface area contributed by atoms with Gasteiger partial charge in [-0.15, -0.1) is 0 Å². The molecule has 1 aromatic carbocycles. The molecular formula is C17H21N3O4S. The number of benzene rings is 1. The molecule has 0 saturated carbocycles. The number of aromatic nitrogens is 1. The van der Waals surface area contributed by atoms with E-state index in [2.05, 4.69) is 28.9 Å². The lowest BCUT2D eigenvalue weighted by atomic mass is 10.2. The van der Waals surface area contributed by atoms with Gasteiger partial charge in [0.25, 0.3) is 10.0 Å². The number of pyridine rings is 1. The van der Waals surface area contributed by atoms with Gasteiger partial charge in [0, 0.05) is 12.1 Å². The molecule has 1 aromatic heterocycles. The highest BCUT2D eigenvalue weighted by molar-refractivity contribution is 7.92. The Balaban J connectivity index is 1.75. The molecule has 3 rings (SSSR count). The fourth-order valence-corrected chi connectivity index (χ4v) is 3.34. The predicted molar refractivity (Wildman–Crippen MR) is 95.9 cm³/mol. The molecule has 0 amide bonds. The van der Waals surface area contributed by atoms with Crippen molar-refractivity contribution in [2.45, 2.75) is 31.2 Å². The van der Waals surface area contributed by atoms with Gasteiger partial charge in [-0.05, 0) is 37.6 Å². The van der Waals surface area contributed by atoms with E-state index in [1.54, 1.807) is 24.4 Å². The Morgan fingerprint density at radius 2 is 1.92 bits per heavy atom. The van der Waals surface area contributed by atoms with Crippen LogP contribution in [0.1, 0.15) is 20.3 Å². The van der Waals surface area contributed by atoms with Gasteiger partial charge < -0.3 is 14.8 Å². The van der Waals surface area contributed by atoms with Crippen LogP contribution in [0, 0.1) is 0 Å². The third kappa shape index (κ3) is 4.14. The highest BCUT2D eigenvalue weighted by Gasteiger charge is 2.19. The average molecular weight is 363 g/mol. The van der Waals surface area contributed by atoms with Crippen LogP contribution in [0.5, 0.6) is 11.5 Å². The molecule has 2 aromatic rings. The summed E-state index contributed by atoms with van der Waals surface area (Å²) in [7, 11) is -3.76. The van der Waals surface area contributed by atoms with Crippen LogP contribution in [0.25, 0.3) is 0 Å². The molecule has 2 heterocycles. The van der Waals surface area contributed by atoms with E-state index in [-0.39, 0.29) is 10.7 Å². The topological polar surface area (TPSA) is 89.5 Å². The summed E-state index contributed by atoms with van der Waals surface area (Å²) in [5.74, 6) is 1.23. The molecule has 0 spiro atoms. The van der Waals surface area contributed by atoms with Crippen molar-refractivity contribution in [2.75, 3.05) is 23.3 Å². The number of nitrogens with one attached hydrogen (secondary N) is 2. The Morgan fingerprint density at radius 1 is 1.16 bits per heavy atom. The predicted octanol–water partition coefficient (Wildman–Crippen LogP) is 2.86. The summed E-state index contributed by atoms with van der Waals surface area (Å²) in [6, 6.07) is 8.27. The van der Waals surface area contributed by atoms with Crippen LogP contribution in [0.3, 0.4) is 0 Å². The van der Waals surface area contributed by atoms with Crippen molar-refractivity contribution in [3.8, 4) is 11.5 Å². The first-order chi connectivity index (χ1) is 12.0. The summed E-state index contributed by atoms with van der Waals surface area (Å²) >= 11 is 0. The molecule has 1 atom stereocenters. The number of nitrogens with zero attached hydrogens (tertiary/aromatic N) is 1. The number of fused-ring (bicyclic) bond motifs is 1. The lowest BCUT2D eigenvalue weighted by Crippen LogP contribution is -2.18. The Kier molecular flexibility index (Phi) is 4.98. The molecule has 0 bridgehead atoms. The second-order valence-electron chi connectivity index (χ2n) is 5.80. The van der Waals surface area contributed by atoms with Crippen LogP contribution in [-0.4, -0.2) is 32.7 Å². The average Bonchev–Trinajstić information content (AvgIpc) is 2.62. The maximum atomic E-state index is 12.5. The Labute approximate surface area is 147 Å². The SMILES string of the molecule is CCC(C)Nc1ccc(NS(=O)(=O)c2ccc3c(c2)OCCO3)nc1. The van der Waals surface area contributed by atoms with E-state index in [9.17, 15) is 8.42 Å². The fraction of sp³-hybridized carbons (Fsp3) is 0.353. The molecule has 8 heteroatoms. The molecule has 7 nitrogen and oxygen atoms in total. The number of rotatable bonds is 6. The molecule has 25 heavy (non-hydrogen) atoms. The van der Waals surface area contributed by atoms with Crippen molar-refractivity contribution in [1.82, 2.24) is 4.98 Å². The lowest BCUT2D eigenvalue weighted by molar-refractivity contribution is 0.171. The van der Waals surface area contributed by atoms with Crippen molar-refractivity contribution in [3.63, 3.8) is 0 Å². The van der Waals surface area contributed by atoms with Crippen molar-refractivity contribution < 1.29 is 17.9 Å². The molecule has 0 saturated heterocycles. The van der Waals surface area contributed by atoms with Gasteiger partial charge in [0.05, 0.1) is 16.8 Å². The summed E-state index contributed by atoms with van der Waals surface area (Å²) in [5.41, 5.74) is 0.844. The van der Waals surface area contributed by atoms with E-state index in [1.165, 1.54) is 12.1 Å². The third-order valence-electron chi connectivity index (χ3n) is 3.85. The summed E-state index contributed by atoms with van der Waals surface area (Å²) in [6.07, 6.45) is 2.59. The minimum absolute atomic E-state index is 0.0976. The van der Waals surface area contributed by atoms with Crippen LogP contribution in [-0.2, 0) is 10.0 Å². The van der Waals surface area contributed by atoms with Gasteiger partial charge in [0.2, 0.25) is 0 Å². The largest absolute Gasteiger partial charge is 0.486 e. The number of ether oxygens (including phenoxy) is 2. The molecule has 0 aliphatic carbocycles. The van der Waals surface area contributed by atoms with Crippen LogP contribution in [0.4, 0.5) is 11.5 Å². The van der Waals surface area contributed by atoms with E-state index < -0.39 is 10.0 Å². The third-order valence-corrected chi connectivity index (χ3v) is 5.20. The van der Waals surface area contributed by atoms with Gasteiger partial charge >= 0.3 is 0 Å². The first-order valence-electron chi connectivity index (χ1n) is 8.13. The lowest BCUT2D eigenvalue weighted by Gasteiger charge is -2.19. The minimum atomic E-state index is -3.76. The second kappa shape index (κ2) is 7.18. The Hall–Kier alpha value is -2.48. The number of sulfonamides is 1. The summed E-state index contributed by atoms with van der Waals surface area (Å²) in [4.78, 5) is 4.25. The van der Waals surface area contributed by atoms with E-state index in [0.717, 1.165) is 12.1 Å². The molecule has 1 unspecified atom stereocenters. The van der Waals surface area contributed by atoms with Gasteiger partial charge in [0.1, 0.15) is 19.0 Å². The van der Waals surface area contributed by atoms with E-state index in [4.69, 9.17) is 9.47 Å². The number of anilines is 2. The van der Waals surface area contributed by atoms with Gasteiger partial charge in [0.15, 0.2) is 11.5 Å². The Morgan fingerprint density at radius 3 is 2.60 bits per heavy atom. The van der Waals surface area contributed by atoms with Crippen LogP contribution >= 0.6 is 0 Å². The smallest absolute Gasteiger partial charge is 0.263 e. The zero-order valence-corrected chi connectivity index (χ0v) is 15.0. The maximum Gasteiger partial charge on any atom is 0.263 e. The molecule has 1 aliphatic rings. The molecule has 0 radical (unpaired) electrons. The highest BCUT2D eigenvalue weighted by atomic mass is 32.2. The van der Waals surface area contributed by atoms with Crippen LogP contribution in [0.2, 0.25) is 0 Å². The fourth-order valence-electron chi connectivity index (χ4n) is 2.31. The maximum absolute atomic E-state index is 12.5. The summed E-state index contributed by atoms with van der Waals surface area (Å²) in [5, 5.41) is 3.28. The van der Waals surface area contributed by atoms with Crippen molar-refractivity contribution >= 4 is 21.5 Å². The van der Waals surface area contributed by atoms with Crippen molar-refractivity contribution in [1.29, 1.82) is 0 Å². The number of hydrogen-bond acceptors (Lipinski definition) is 6. The minimum Gasteiger partial charge on any atom is -0.486 e. The first-order valence-corrected chi connectivity index (χ1v) is 9.61. The molecule has 2 N–H and O–H groups in total. The van der Waals surface area contributed by atoms with E-state index in [1.807, 2.05) is 0 Å². The van der Waals surface area contributed by atoms with Gasteiger partial charge in [-0.3, -0.25) is 4.72 Å². The zero-order chi connectivity index (χ0) is 17.9. The van der Waals surface area contributed by atoms with Crippen LogP contribution in [0.15, 0.2) is 41.4 Å². The second-order valence-corrected chi connectivity index (χ2v) is 7.48. The van der Waals surface area contributed by atoms with Crippen molar-refractivity contribution in [2.24, 2.45) is 0 Å². The monoisotopic (exact) mass is 363 g/mol. The molecule has 134 valence electrons. The molecule has 0 fully saturated rings. The normalized spacial score (nSPS) is 14.6. The van der Waals surface area contributed by atoms with Crippen molar-refractivity contribution in [3.05, 3.63) is 36.5 Å². The first kappa shape index (κ1) is 17.3. The highest BCUT2D eigenvalue weighted by Crippen LogP contribution is 2.32. The Bertz CT molecular complexity index is 837. The van der Waals surface area contributed by atoms with Gasteiger partial charge in [-0.2, -0.15) is 0 Å². The zero-order valence-electron chi connectivity index (χ0n) is 14.2.